The van der Waals surface area contributed by atoms with Gasteiger partial charge in [-0.25, -0.2) is 4.68 Å². The molecule has 0 spiro atoms. The molecule has 2 atom stereocenters. The van der Waals surface area contributed by atoms with Crippen molar-refractivity contribution in [3.63, 3.8) is 0 Å². The average molecular weight is 398 g/mol. The molecular formula is C22H18N6O2. The first-order valence-electron chi connectivity index (χ1n) is 9.81. The van der Waals surface area contributed by atoms with Crippen molar-refractivity contribution in [3.05, 3.63) is 77.5 Å². The lowest BCUT2D eigenvalue weighted by Gasteiger charge is -2.34. The molecule has 1 aliphatic heterocycles. The van der Waals surface area contributed by atoms with Crippen molar-refractivity contribution in [2.24, 2.45) is 0 Å². The van der Waals surface area contributed by atoms with Gasteiger partial charge >= 0.3 is 0 Å². The number of ketones is 1. The van der Waals surface area contributed by atoms with E-state index in [-0.39, 0.29) is 17.6 Å². The number of hydrogen-bond donors (Lipinski definition) is 2. The van der Waals surface area contributed by atoms with Crippen LogP contribution in [0.3, 0.4) is 0 Å². The number of pyridine rings is 1. The first-order valence-corrected chi connectivity index (χ1v) is 9.81. The van der Waals surface area contributed by atoms with Gasteiger partial charge in [0.1, 0.15) is 11.8 Å². The Labute approximate surface area is 171 Å². The fourth-order valence-electron chi connectivity index (χ4n) is 4.60. The van der Waals surface area contributed by atoms with Gasteiger partial charge in [-0.15, -0.1) is 5.10 Å². The molecule has 148 valence electrons. The van der Waals surface area contributed by atoms with E-state index in [1.54, 1.807) is 17.1 Å². The van der Waals surface area contributed by atoms with E-state index in [2.05, 4.69) is 20.4 Å². The summed E-state index contributed by atoms with van der Waals surface area (Å²) in [7, 11) is 0. The minimum Gasteiger partial charge on any atom is -0.469 e. The number of carbonyl (C=O) groups is 1. The second-order valence-electron chi connectivity index (χ2n) is 7.62. The fourth-order valence-corrected chi connectivity index (χ4v) is 4.60. The first kappa shape index (κ1) is 17.0. The third-order valence-electron chi connectivity index (χ3n) is 5.86. The van der Waals surface area contributed by atoms with Crippen molar-refractivity contribution in [2.45, 2.75) is 24.8 Å². The average Bonchev–Trinajstić information content (AvgIpc) is 3.41. The number of hydrogen-bond acceptors (Lipinski definition) is 7. The maximum absolute atomic E-state index is 13.4. The molecule has 0 bridgehead atoms. The molecule has 0 saturated heterocycles. The van der Waals surface area contributed by atoms with Crippen LogP contribution in [0, 0.1) is 0 Å². The van der Waals surface area contributed by atoms with Crippen LogP contribution in [0.5, 0.6) is 0 Å². The number of carbonyl (C=O) groups excluding carboxylic acids is 1. The molecule has 2 aliphatic rings. The van der Waals surface area contributed by atoms with Gasteiger partial charge in [0.25, 0.3) is 0 Å². The molecule has 8 heteroatoms. The lowest BCUT2D eigenvalue weighted by Crippen LogP contribution is -2.33. The molecule has 6 rings (SSSR count). The summed E-state index contributed by atoms with van der Waals surface area (Å²) >= 11 is 0. The van der Waals surface area contributed by atoms with Crippen molar-refractivity contribution >= 4 is 28.6 Å². The van der Waals surface area contributed by atoms with E-state index < -0.39 is 6.04 Å². The molecule has 4 aromatic rings. The number of Topliss-reactive ketones (excluding diaryl/α,β-unsaturated/α-hetero) is 1. The molecule has 3 N–H and O–H groups in total. The van der Waals surface area contributed by atoms with Gasteiger partial charge in [-0.05, 0) is 36.2 Å². The van der Waals surface area contributed by atoms with Gasteiger partial charge < -0.3 is 15.5 Å². The van der Waals surface area contributed by atoms with Gasteiger partial charge in [0.05, 0.1) is 11.8 Å². The Hall–Kier alpha value is -3.94. The molecule has 0 radical (unpaired) electrons. The van der Waals surface area contributed by atoms with E-state index in [4.69, 9.17) is 10.2 Å². The number of benzene rings is 1. The molecular weight excluding hydrogens is 380 g/mol. The number of fused-ring (bicyclic) bond motifs is 2. The summed E-state index contributed by atoms with van der Waals surface area (Å²) in [6, 6.07) is 13.2. The van der Waals surface area contributed by atoms with Crippen LogP contribution in [0.2, 0.25) is 0 Å². The summed E-state index contributed by atoms with van der Waals surface area (Å²) in [6.45, 7) is 0. The van der Waals surface area contributed by atoms with Crippen molar-refractivity contribution < 1.29 is 9.21 Å². The smallest absolute Gasteiger partial charge is 0.241 e. The van der Waals surface area contributed by atoms with Crippen LogP contribution < -0.4 is 11.1 Å². The minimum atomic E-state index is -0.418. The van der Waals surface area contributed by atoms with Crippen molar-refractivity contribution in [1.29, 1.82) is 0 Å². The summed E-state index contributed by atoms with van der Waals surface area (Å²) in [5, 5.41) is 8.68. The lowest BCUT2D eigenvalue weighted by molar-refractivity contribution is -0.116. The van der Waals surface area contributed by atoms with Gasteiger partial charge in [-0.1, -0.05) is 18.2 Å². The largest absolute Gasteiger partial charge is 0.469 e. The van der Waals surface area contributed by atoms with E-state index in [0.29, 0.717) is 24.4 Å². The number of rotatable bonds is 2. The standard InChI is InChI=1S/C22H18N6O2/c23-21-26-22-25-16-10-12(18-6-3-9-30-18)11-17(29)19(16)20(28(22)27-21)14-7-8-24-15-5-2-1-4-13(14)15/h1-9,12,20H,10-11H2,(H3,23,25,26,27). The van der Waals surface area contributed by atoms with Gasteiger partial charge in [0, 0.05) is 35.2 Å². The summed E-state index contributed by atoms with van der Waals surface area (Å²) in [4.78, 5) is 22.2. The number of anilines is 2. The van der Waals surface area contributed by atoms with Gasteiger partial charge in [-0.3, -0.25) is 9.78 Å². The number of aromatic nitrogens is 4. The van der Waals surface area contributed by atoms with E-state index >= 15 is 0 Å². The number of nitrogens with one attached hydrogen (secondary N) is 1. The molecule has 4 heterocycles. The van der Waals surface area contributed by atoms with Crippen molar-refractivity contribution in [3.8, 4) is 0 Å². The quantitative estimate of drug-likeness (QED) is 0.532. The second-order valence-corrected chi connectivity index (χ2v) is 7.62. The van der Waals surface area contributed by atoms with Crippen LogP contribution in [0.1, 0.15) is 36.1 Å². The van der Waals surface area contributed by atoms with Crippen LogP contribution in [-0.2, 0) is 4.79 Å². The lowest BCUT2D eigenvalue weighted by atomic mass is 9.79. The third kappa shape index (κ3) is 2.46. The molecule has 1 aliphatic carbocycles. The van der Waals surface area contributed by atoms with E-state index in [1.165, 1.54) is 0 Å². The summed E-state index contributed by atoms with van der Waals surface area (Å²) in [6.07, 6.45) is 4.44. The summed E-state index contributed by atoms with van der Waals surface area (Å²) < 4.78 is 7.29. The SMILES string of the molecule is Nc1nc2n(n1)C(c1ccnc3ccccc13)C1=C(CC(c3ccco3)CC1=O)N2. The van der Waals surface area contributed by atoms with E-state index in [9.17, 15) is 4.79 Å². The highest BCUT2D eigenvalue weighted by Crippen LogP contribution is 2.45. The van der Waals surface area contributed by atoms with E-state index in [1.807, 2.05) is 42.5 Å². The monoisotopic (exact) mass is 398 g/mol. The summed E-state index contributed by atoms with van der Waals surface area (Å²) in [5.41, 5.74) is 9.28. The zero-order chi connectivity index (χ0) is 20.2. The molecule has 2 unspecified atom stereocenters. The number of furan rings is 1. The van der Waals surface area contributed by atoms with Crippen LogP contribution in [0.25, 0.3) is 10.9 Å². The minimum absolute atomic E-state index is 0.0135. The topological polar surface area (TPSA) is 112 Å². The van der Waals surface area contributed by atoms with Crippen molar-refractivity contribution in [1.82, 2.24) is 19.7 Å². The Morgan fingerprint density at radius 3 is 2.90 bits per heavy atom. The number of nitrogen functional groups attached to an aromatic ring is 1. The predicted molar refractivity (Wildman–Crippen MR) is 111 cm³/mol. The van der Waals surface area contributed by atoms with Crippen LogP contribution >= 0.6 is 0 Å². The van der Waals surface area contributed by atoms with Gasteiger partial charge in [0.15, 0.2) is 5.78 Å². The second kappa shape index (κ2) is 6.28. The first-order chi connectivity index (χ1) is 14.7. The Bertz CT molecular complexity index is 1320. The fraction of sp³-hybridized carbons (Fsp3) is 0.182. The highest BCUT2D eigenvalue weighted by atomic mass is 16.3. The molecule has 3 aromatic heterocycles. The van der Waals surface area contributed by atoms with Crippen LogP contribution in [0.4, 0.5) is 11.9 Å². The molecule has 30 heavy (non-hydrogen) atoms. The number of allylic oxidation sites excluding steroid dienone is 2. The number of para-hydroxylation sites is 1. The van der Waals surface area contributed by atoms with E-state index in [0.717, 1.165) is 27.9 Å². The zero-order valence-corrected chi connectivity index (χ0v) is 15.9. The number of nitrogens with zero attached hydrogens (tertiary/aromatic N) is 4. The molecule has 0 amide bonds. The van der Waals surface area contributed by atoms with Gasteiger partial charge in [-0.2, -0.15) is 4.98 Å². The summed E-state index contributed by atoms with van der Waals surface area (Å²) in [5.74, 6) is 1.56. The maximum Gasteiger partial charge on any atom is 0.241 e. The normalized spacial score (nSPS) is 20.7. The Kier molecular flexibility index (Phi) is 3.55. The predicted octanol–water partition coefficient (Wildman–Crippen LogP) is 3.42. The van der Waals surface area contributed by atoms with Crippen molar-refractivity contribution in [2.75, 3.05) is 11.1 Å². The highest BCUT2D eigenvalue weighted by Gasteiger charge is 2.40. The van der Waals surface area contributed by atoms with Crippen LogP contribution in [-0.4, -0.2) is 25.5 Å². The molecule has 0 fully saturated rings. The maximum atomic E-state index is 13.4. The Balaban J connectivity index is 1.56. The van der Waals surface area contributed by atoms with Gasteiger partial charge in [0.2, 0.25) is 11.9 Å². The third-order valence-corrected chi connectivity index (χ3v) is 5.86. The highest BCUT2D eigenvalue weighted by molar-refractivity contribution is 6.01. The zero-order valence-electron chi connectivity index (χ0n) is 15.9. The Morgan fingerprint density at radius 1 is 1.13 bits per heavy atom. The molecule has 1 aromatic carbocycles. The number of nitrogens with two attached hydrogens (primary N) is 1. The van der Waals surface area contributed by atoms with Crippen LogP contribution in [0.15, 0.2) is 70.6 Å². The molecule has 8 nitrogen and oxygen atoms in total. The Morgan fingerprint density at radius 2 is 2.03 bits per heavy atom. The molecule has 0 saturated carbocycles.